The van der Waals surface area contributed by atoms with Crippen molar-refractivity contribution in [3.63, 3.8) is 0 Å². The van der Waals surface area contributed by atoms with Crippen molar-refractivity contribution in [1.29, 1.82) is 10.5 Å². The van der Waals surface area contributed by atoms with Gasteiger partial charge in [0.2, 0.25) is 0 Å². The molecule has 0 atom stereocenters. The lowest BCUT2D eigenvalue weighted by atomic mass is 10.1. The van der Waals surface area contributed by atoms with Gasteiger partial charge in [-0.25, -0.2) is 19.6 Å². The summed E-state index contributed by atoms with van der Waals surface area (Å²) in [7, 11) is 0. The highest BCUT2D eigenvalue weighted by atomic mass is 16.6. The van der Waals surface area contributed by atoms with Gasteiger partial charge in [-0.1, -0.05) is 0 Å². The number of rotatable bonds is 1. The number of ether oxygens (including phenoxy) is 2. The van der Waals surface area contributed by atoms with Crippen molar-refractivity contribution in [3.05, 3.63) is 72.1 Å². The monoisotopic (exact) mass is 538 g/mol. The van der Waals surface area contributed by atoms with Gasteiger partial charge in [-0.2, -0.15) is 15.4 Å². The number of carbonyl (C=O) groups is 2. The average Bonchev–Trinajstić information content (AvgIpc) is 2.86. The predicted octanol–water partition coefficient (Wildman–Crippen LogP) is 6.47. The van der Waals surface area contributed by atoms with E-state index in [1.54, 1.807) is 84.1 Å². The number of amides is 2. The Morgan fingerprint density at radius 1 is 0.750 bits per heavy atom. The molecule has 2 aromatic heterocycles. The van der Waals surface area contributed by atoms with Gasteiger partial charge in [0.05, 0.1) is 23.3 Å². The second-order valence-electron chi connectivity index (χ2n) is 10.7. The van der Waals surface area contributed by atoms with E-state index in [0.29, 0.717) is 27.7 Å². The van der Waals surface area contributed by atoms with Gasteiger partial charge in [0.1, 0.15) is 17.0 Å². The molecule has 0 bridgehead atoms. The molecule has 0 unspecified atom stereocenters. The van der Waals surface area contributed by atoms with E-state index >= 15 is 0 Å². The van der Waals surface area contributed by atoms with E-state index < -0.39 is 23.4 Å². The number of nitrogens with two attached hydrogens (primary N) is 1. The molecule has 204 valence electrons. The number of nitrogen functional groups attached to an aromatic ring is 1. The van der Waals surface area contributed by atoms with E-state index in [4.69, 9.17) is 25.7 Å². The van der Waals surface area contributed by atoms with Crippen molar-refractivity contribution < 1.29 is 19.1 Å². The summed E-state index contributed by atoms with van der Waals surface area (Å²) in [5, 5.41) is 20.8. The van der Waals surface area contributed by atoms with Crippen LogP contribution in [0.25, 0.3) is 21.5 Å². The van der Waals surface area contributed by atoms with Crippen LogP contribution in [0.1, 0.15) is 52.7 Å². The smallest absolute Gasteiger partial charge is 0.425 e. The number of pyridine rings is 2. The van der Waals surface area contributed by atoms with Crippen LogP contribution in [0.15, 0.2) is 60.9 Å². The van der Waals surface area contributed by atoms with Crippen molar-refractivity contribution in [2.75, 3.05) is 10.6 Å². The summed E-state index contributed by atoms with van der Waals surface area (Å²) in [4.78, 5) is 34.5. The number of fused-ring (bicyclic) bond motifs is 2. The maximum Gasteiger partial charge on any atom is 0.425 e. The molecule has 0 fully saturated rings. The standard InChI is InChI=1S/C20H23N3O4.C10H7N3/c1-19(2,3)26-17(24)23(18(25)27-20(4,5)6)16-15-8-7-13(12-21)11-14(15)9-10-22-16;11-6-7-1-2-9-8(5-7)3-4-13-10(9)12/h7-11H,1-6H3;1-5H,(H2,12,13). The number of hydrogen-bond acceptors (Lipinski definition) is 9. The summed E-state index contributed by atoms with van der Waals surface area (Å²) in [5.41, 5.74) is 5.13. The van der Waals surface area contributed by atoms with E-state index in [9.17, 15) is 9.59 Å². The minimum atomic E-state index is -0.888. The predicted molar refractivity (Wildman–Crippen MR) is 152 cm³/mol. The summed E-state index contributed by atoms with van der Waals surface area (Å²) in [6.07, 6.45) is 1.32. The van der Waals surface area contributed by atoms with Gasteiger partial charge in [-0.15, -0.1) is 0 Å². The Morgan fingerprint density at radius 3 is 1.68 bits per heavy atom. The van der Waals surface area contributed by atoms with Gasteiger partial charge < -0.3 is 15.2 Å². The summed E-state index contributed by atoms with van der Waals surface area (Å²) in [6, 6.07) is 17.9. The normalized spacial score (nSPS) is 11.0. The second kappa shape index (κ2) is 11.7. The summed E-state index contributed by atoms with van der Waals surface area (Å²) < 4.78 is 10.8. The van der Waals surface area contributed by atoms with E-state index in [1.807, 2.05) is 12.1 Å². The Kier molecular flexibility index (Phi) is 8.56. The lowest BCUT2D eigenvalue weighted by Crippen LogP contribution is -2.44. The zero-order chi connectivity index (χ0) is 29.7. The Morgan fingerprint density at radius 2 is 1.20 bits per heavy atom. The number of imide groups is 1. The van der Waals surface area contributed by atoms with Crippen LogP contribution in [-0.4, -0.2) is 33.4 Å². The highest BCUT2D eigenvalue weighted by Gasteiger charge is 2.34. The van der Waals surface area contributed by atoms with Crippen molar-refractivity contribution in [2.24, 2.45) is 0 Å². The zero-order valence-corrected chi connectivity index (χ0v) is 23.2. The first-order valence-corrected chi connectivity index (χ1v) is 12.3. The van der Waals surface area contributed by atoms with Gasteiger partial charge in [0.25, 0.3) is 0 Å². The fourth-order valence-electron chi connectivity index (χ4n) is 3.54. The third-order valence-corrected chi connectivity index (χ3v) is 5.16. The van der Waals surface area contributed by atoms with Crippen LogP contribution in [0.3, 0.4) is 0 Å². The number of carbonyl (C=O) groups excluding carboxylic acids is 2. The van der Waals surface area contributed by atoms with Crippen molar-refractivity contribution >= 4 is 45.4 Å². The number of aromatic nitrogens is 2. The first kappa shape index (κ1) is 29.3. The molecule has 0 aliphatic carbocycles. The number of nitriles is 2. The average molecular weight is 539 g/mol. The molecule has 0 spiro atoms. The number of hydrogen-bond donors (Lipinski definition) is 1. The Balaban J connectivity index is 0.000000281. The Hall–Kier alpha value is -5.22. The van der Waals surface area contributed by atoms with Crippen LogP contribution >= 0.6 is 0 Å². The SMILES string of the molecule is CC(C)(C)OC(=O)N(C(=O)OC(C)(C)C)c1nccc2cc(C#N)ccc12.N#Cc1ccc2c(N)nccc2c1. The molecule has 4 rings (SSSR count). The van der Waals surface area contributed by atoms with Gasteiger partial charge in [0.15, 0.2) is 5.82 Å². The topological polar surface area (TPSA) is 155 Å². The lowest BCUT2D eigenvalue weighted by Gasteiger charge is -2.28. The van der Waals surface area contributed by atoms with E-state index in [-0.39, 0.29) is 5.82 Å². The molecule has 0 aliphatic rings. The van der Waals surface area contributed by atoms with Crippen molar-refractivity contribution in [1.82, 2.24) is 9.97 Å². The first-order valence-electron chi connectivity index (χ1n) is 12.3. The number of benzene rings is 2. The largest absolute Gasteiger partial charge is 0.443 e. The molecule has 40 heavy (non-hydrogen) atoms. The molecule has 2 heterocycles. The first-order chi connectivity index (χ1) is 18.7. The van der Waals surface area contributed by atoms with Crippen LogP contribution in [-0.2, 0) is 9.47 Å². The maximum absolute atomic E-state index is 12.8. The summed E-state index contributed by atoms with van der Waals surface area (Å²) in [5.74, 6) is 0.586. The number of anilines is 2. The number of nitrogens with zero attached hydrogens (tertiary/aromatic N) is 5. The highest BCUT2D eigenvalue weighted by molar-refractivity contribution is 6.13. The molecule has 10 nitrogen and oxygen atoms in total. The van der Waals surface area contributed by atoms with Crippen molar-refractivity contribution in [2.45, 2.75) is 52.7 Å². The van der Waals surface area contributed by atoms with E-state index in [2.05, 4.69) is 22.1 Å². The third kappa shape index (κ3) is 7.42. The van der Waals surface area contributed by atoms with E-state index in [1.165, 1.54) is 6.20 Å². The Bertz CT molecular complexity index is 1630. The summed E-state index contributed by atoms with van der Waals surface area (Å²) in [6.45, 7) is 10.2. The molecule has 10 heteroatoms. The second-order valence-corrected chi connectivity index (χ2v) is 10.7. The van der Waals surface area contributed by atoms with Gasteiger partial charge in [-0.05, 0) is 101 Å². The fraction of sp³-hybridized carbons (Fsp3) is 0.267. The van der Waals surface area contributed by atoms with Gasteiger partial charge in [-0.3, -0.25) is 0 Å². The minimum absolute atomic E-state index is 0.0838. The Labute approximate surface area is 232 Å². The van der Waals surface area contributed by atoms with Crippen LogP contribution in [0.4, 0.5) is 21.2 Å². The summed E-state index contributed by atoms with van der Waals surface area (Å²) >= 11 is 0. The van der Waals surface area contributed by atoms with Gasteiger partial charge in [0, 0.05) is 23.2 Å². The highest BCUT2D eigenvalue weighted by Crippen LogP contribution is 2.28. The molecule has 2 aromatic carbocycles. The molecule has 0 saturated carbocycles. The van der Waals surface area contributed by atoms with E-state index in [0.717, 1.165) is 15.7 Å². The molecule has 2 N–H and O–H groups in total. The zero-order valence-electron chi connectivity index (χ0n) is 23.2. The molecular formula is C30H30N6O4. The molecule has 0 radical (unpaired) electrons. The quantitative estimate of drug-likeness (QED) is 0.287. The molecule has 0 aliphatic heterocycles. The van der Waals surface area contributed by atoms with Crippen molar-refractivity contribution in [3.8, 4) is 12.1 Å². The van der Waals surface area contributed by atoms with Crippen LogP contribution in [0.2, 0.25) is 0 Å². The van der Waals surface area contributed by atoms with Crippen LogP contribution in [0, 0.1) is 22.7 Å². The maximum atomic E-state index is 12.8. The van der Waals surface area contributed by atoms with Gasteiger partial charge >= 0.3 is 12.2 Å². The fourth-order valence-corrected chi connectivity index (χ4v) is 3.54. The molecule has 2 amide bonds. The van der Waals surface area contributed by atoms with Crippen LogP contribution in [0.5, 0.6) is 0 Å². The lowest BCUT2D eigenvalue weighted by molar-refractivity contribution is 0.0429. The third-order valence-electron chi connectivity index (χ3n) is 5.16. The molecular weight excluding hydrogens is 508 g/mol. The van der Waals surface area contributed by atoms with Crippen LogP contribution < -0.4 is 10.6 Å². The minimum Gasteiger partial charge on any atom is -0.443 e. The molecule has 4 aromatic rings. The molecule has 0 saturated heterocycles.